The third-order valence-corrected chi connectivity index (χ3v) is 4.38. The Morgan fingerprint density at radius 2 is 1.86 bits per heavy atom. The van der Waals surface area contributed by atoms with Gasteiger partial charge >= 0.3 is 5.97 Å². The minimum absolute atomic E-state index is 0.159. The average molecular weight is 376 g/mol. The van der Waals surface area contributed by atoms with Gasteiger partial charge in [-0.3, -0.25) is 4.79 Å². The number of ether oxygens (including phenoxy) is 3. The molecule has 0 unspecified atom stereocenters. The second-order valence-corrected chi connectivity index (χ2v) is 6.14. The summed E-state index contributed by atoms with van der Waals surface area (Å²) in [6.45, 7) is 1.73. The van der Waals surface area contributed by atoms with Crippen molar-refractivity contribution < 1.29 is 28.2 Å². The Morgan fingerprint density at radius 1 is 1.07 bits per heavy atom. The standard InChI is InChI=1S/C22H16O6/c1-13-18(28-22(24)14-5-7-15(25-2)8-6-14)10-9-17-20(23)19(27-21(13)17)12-16-4-3-11-26-16/h3-12H,1-2H3/b19-12-. The summed E-state index contributed by atoms with van der Waals surface area (Å²) >= 11 is 0. The van der Waals surface area contributed by atoms with Gasteiger partial charge in [-0.05, 0) is 55.5 Å². The number of ketones is 1. The van der Waals surface area contributed by atoms with Gasteiger partial charge in [0.15, 0.2) is 5.76 Å². The van der Waals surface area contributed by atoms with Crippen molar-refractivity contribution in [2.75, 3.05) is 7.11 Å². The van der Waals surface area contributed by atoms with Crippen LogP contribution >= 0.6 is 0 Å². The van der Waals surface area contributed by atoms with Crippen LogP contribution in [0.15, 0.2) is 65.0 Å². The van der Waals surface area contributed by atoms with Crippen molar-refractivity contribution in [3.05, 3.63) is 83.0 Å². The molecule has 6 heteroatoms. The highest BCUT2D eigenvalue weighted by molar-refractivity contribution is 6.14. The molecule has 140 valence electrons. The normalized spacial score (nSPS) is 13.9. The Hall–Kier alpha value is -3.80. The van der Waals surface area contributed by atoms with E-state index in [-0.39, 0.29) is 11.5 Å². The van der Waals surface area contributed by atoms with E-state index in [1.54, 1.807) is 62.6 Å². The van der Waals surface area contributed by atoms with E-state index >= 15 is 0 Å². The highest BCUT2D eigenvalue weighted by Crippen LogP contribution is 2.39. The van der Waals surface area contributed by atoms with Crippen LogP contribution in [-0.4, -0.2) is 18.9 Å². The van der Waals surface area contributed by atoms with Crippen LogP contribution in [0.25, 0.3) is 6.08 Å². The molecule has 0 N–H and O–H groups in total. The van der Waals surface area contributed by atoms with Gasteiger partial charge in [-0.2, -0.15) is 0 Å². The zero-order chi connectivity index (χ0) is 19.7. The molecule has 0 saturated carbocycles. The first-order chi connectivity index (χ1) is 13.6. The van der Waals surface area contributed by atoms with Crippen LogP contribution in [0.2, 0.25) is 0 Å². The van der Waals surface area contributed by atoms with E-state index in [0.29, 0.717) is 39.7 Å². The summed E-state index contributed by atoms with van der Waals surface area (Å²) in [4.78, 5) is 24.9. The maximum absolute atomic E-state index is 12.5. The molecule has 0 amide bonds. The second kappa shape index (κ2) is 7.08. The molecular weight excluding hydrogens is 360 g/mol. The van der Waals surface area contributed by atoms with Crippen molar-refractivity contribution in [3.8, 4) is 17.2 Å². The predicted molar refractivity (Wildman–Crippen MR) is 101 cm³/mol. The lowest BCUT2D eigenvalue weighted by molar-refractivity contribution is 0.0733. The van der Waals surface area contributed by atoms with Crippen LogP contribution in [0.1, 0.15) is 32.0 Å². The van der Waals surface area contributed by atoms with Crippen molar-refractivity contribution in [1.29, 1.82) is 0 Å². The van der Waals surface area contributed by atoms with Crippen LogP contribution in [0, 0.1) is 6.92 Å². The number of carbonyl (C=O) groups excluding carboxylic acids is 2. The fourth-order valence-electron chi connectivity index (χ4n) is 2.87. The van der Waals surface area contributed by atoms with Crippen molar-refractivity contribution in [2.45, 2.75) is 6.92 Å². The predicted octanol–water partition coefficient (Wildman–Crippen LogP) is 4.43. The molecule has 0 spiro atoms. The summed E-state index contributed by atoms with van der Waals surface area (Å²) in [5, 5.41) is 0. The van der Waals surface area contributed by atoms with Gasteiger partial charge in [0.05, 0.1) is 24.5 Å². The fourth-order valence-corrected chi connectivity index (χ4v) is 2.87. The molecule has 0 bridgehead atoms. The maximum Gasteiger partial charge on any atom is 0.343 e. The highest BCUT2D eigenvalue weighted by atomic mass is 16.5. The number of fused-ring (bicyclic) bond motifs is 1. The SMILES string of the molecule is COc1ccc(C(=O)Oc2ccc3c(c2C)O/C(=C\c2ccco2)C3=O)cc1. The Kier molecular flexibility index (Phi) is 4.45. The van der Waals surface area contributed by atoms with Crippen LogP contribution in [0.3, 0.4) is 0 Å². The molecule has 1 aromatic heterocycles. The molecule has 0 aliphatic carbocycles. The van der Waals surface area contributed by atoms with Gasteiger partial charge in [-0.15, -0.1) is 0 Å². The summed E-state index contributed by atoms with van der Waals surface area (Å²) in [5.41, 5.74) is 1.37. The van der Waals surface area contributed by atoms with Crippen molar-refractivity contribution >= 4 is 17.8 Å². The van der Waals surface area contributed by atoms with E-state index in [9.17, 15) is 9.59 Å². The third-order valence-electron chi connectivity index (χ3n) is 4.38. The van der Waals surface area contributed by atoms with Crippen molar-refractivity contribution in [3.63, 3.8) is 0 Å². The minimum atomic E-state index is -0.513. The number of hydrogen-bond donors (Lipinski definition) is 0. The second-order valence-electron chi connectivity index (χ2n) is 6.14. The third kappa shape index (κ3) is 3.16. The van der Waals surface area contributed by atoms with Gasteiger partial charge in [0, 0.05) is 11.6 Å². The first kappa shape index (κ1) is 17.6. The van der Waals surface area contributed by atoms with Crippen LogP contribution in [0.4, 0.5) is 0 Å². The van der Waals surface area contributed by atoms with Gasteiger partial charge in [-0.25, -0.2) is 4.79 Å². The van der Waals surface area contributed by atoms with Crippen molar-refractivity contribution in [2.24, 2.45) is 0 Å². The topological polar surface area (TPSA) is 75.0 Å². The number of rotatable bonds is 4. The molecule has 0 saturated heterocycles. The summed E-state index contributed by atoms with van der Waals surface area (Å²) in [7, 11) is 1.55. The average Bonchev–Trinajstić information content (AvgIpc) is 3.33. The van der Waals surface area contributed by atoms with Crippen LogP contribution in [0.5, 0.6) is 17.2 Å². The molecule has 2 aromatic carbocycles. The number of allylic oxidation sites excluding steroid dienone is 1. The highest BCUT2D eigenvalue weighted by Gasteiger charge is 2.30. The van der Waals surface area contributed by atoms with Gasteiger partial charge in [0.1, 0.15) is 23.0 Å². The Labute approximate surface area is 160 Å². The molecule has 1 aliphatic heterocycles. The molecule has 0 fully saturated rings. The minimum Gasteiger partial charge on any atom is -0.497 e. The number of furan rings is 1. The quantitative estimate of drug-likeness (QED) is 0.381. The van der Waals surface area contributed by atoms with Crippen molar-refractivity contribution in [1.82, 2.24) is 0 Å². The molecule has 6 nitrogen and oxygen atoms in total. The first-order valence-corrected chi connectivity index (χ1v) is 8.54. The molecule has 4 rings (SSSR count). The van der Waals surface area contributed by atoms with Crippen LogP contribution < -0.4 is 14.2 Å². The summed E-state index contributed by atoms with van der Waals surface area (Å²) in [5.74, 6) is 1.26. The first-order valence-electron chi connectivity index (χ1n) is 8.54. The maximum atomic E-state index is 12.5. The van der Waals surface area contributed by atoms with Gasteiger partial charge in [-0.1, -0.05) is 0 Å². The zero-order valence-corrected chi connectivity index (χ0v) is 15.2. The monoisotopic (exact) mass is 376 g/mol. The molecule has 28 heavy (non-hydrogen) atoms. The molecule has 1 aliphatic rings. The van der Waals surface area contributed by atoms with E-state index in [1.807, 2.05) is 0 Å². The lowest BCUT2D eigenvalue weighted by Gasteiger charge is -2.10. The number of carbonyl (C=O) groups is 2. The van der Waals surface area contributed by atoms with E-state index in [0.717, 1.165) is 0 Å². The van der Waals surface area contributed by atoms with Gasteiger partial charge < -0.3 is 18.6 Å². The molecule has 0 radical (unpaired) electrons. The smallest absolute Gasteiger partial charge is 0.343 e. The Bertz CT molecular complexity index is 1070. The van der Waals surface area contributed by atoms with Crippen LogP contribution in [-0.2, 0) is 0 Å². The number of benzene rings is 2. The van der Waals surface area contributed by atoms with Gasteiger partial charge in [0.25, 0.3) is 0 Å². The largest absolute Gasteiger partial charge is 0.497 e. The molecular formula is C22H16O6. The number of hydrogen-bond acceptors (Lipinski definition) is 6. The summed E-state index contributed by atoms with van der Waals surface area (Å²) in [6.07, 6.45) is 3.05. The lowest BCUT2D eigenvalue weighted by Crippen LogP contribution is -2.09. The number of methoxy groups -OCH3 is 1. The molecule has 3 aromatic rings. The van der Waals surface area contributed by atoms with E-state index < -0.39 is 5.97 Å². The van der Waals surface area contributed by atoms with E-state index in [2.05, 4.69) is 0 Å². The summed E-state index contributed by atoms with van der Waals surface area (Å²) in [6, 6.07) is 13.2. The Balaban J connectivity index is 1.59. The molecule has 0 atom stereocenters. The van der Waals surface area contributed by atoms with Gasteiger partial charge in [0.2, 0.25) is 5.78 Å². The molecule has 2 heterocycles. The lowest BCUT2D eigenvalue weighted by atomic mass is 10.1. The fraction of sp³-hybridized carbons (Fsp3) is 0.0909. The Morgan fingerprint density at radius 3 is 2.54 bits per heavy atom. The zero-order valence-electron chi connectivity index (χ0n) is 15.2. The van der Waals surface area contributed by atoms with E-state index in [4.69, 9.17) is 18.6 Å². The van der Waals surface area contributed by atoms with E-state index in [1.165, 1.54) is 12.3 Å². The summed E-state index contributed by atoms with van der Waals surface area (Å²) < 4.78 is 21.5. The number of esters is 1. The number of Topliss-reactive ketones (excluding diaryl/α,β-unsaturated/α-hetero) is 1.